The average Bonchev–Trinajstić information content (AvgIpc) is 3.55. The van der Waals surface area contributed by atoms with Crippen LogP contribution >= 0.6 is 0 Å². The molecule has 0 bridgehead atoms. The van der Waals surface area contributed by atoms with Gasteiger partial charge in [-0.1, -0.05) is 102 Å². The molecule has 49 heavy (non-hydrogen) atoms. The molecule has 0 aliphatic heterocycles. The molecule has 6 aromatic carbocycles. The summed E-state index contributed by atoms with van der Waals surface area (Å²) in [6.07, 6.45) is 3.66. The molecule has 0 spiro atoms. The molecular formula is C45H30IrN2O-2. The molecule has 3 nitrogen and oxygen atoms in total. The van der Waals surface area contributed by atoms with Gasteiger partial charge >= 0.3 is 0 Å². The fourth-order valence-electron chi connectivity index (χ4n) is 6.30. The standard InChI is InChI=1S/C34H22NO.C11H8N.Ir/c1-22-27-16-14-24(23-8-3-2-4-9-23)20-25(27)15-17-28(22)26-18-19-35-32(21-26)31-12-7-11-30-29-10-5-6-13-33(29)36-34(30)31;1-2-6-10(7-3-1)11-8-4-5-9-12-11;/h2-11,13-21H,1H3;1-6,8-9H;/q2*-1;. The van der Waals surface area contributed by atoms with Crippen molar-refractivity contribution >= 4 is 32.7 Å². The Morgan fingerprint density at radius 2 is 1.35 bits per heavy atom. The second-order valence-electron chi connectivity index (χ2n) is 11.7. The normalized spacial score (nSPS) is 10.8. The number of aromatic nitrogens is 2. The number of pyridine rings is 2. The Balaban J connectivity index is 0.000000246. The first-order valence-electron chi connectivity index (χ1n) is 16.0. The van der Waals surface area contributed by atoms with E-state index < -0.39 is 0 Å². The monoisotopic (exact) mass is 807 g/mol. The summed E-state index contributed by atoms with van der Waals surface area (Å²) in [5, 5.41) is 4.70. The summed E-state index contributed by atoms with van der Waals surface area (Å²) in [6.45, 7) is 2.20. The number of hydrogen-bond acceptors (Lipinski definition) is 3. The van der Waals surface area contributed by atoms with E-state index in [0.29, 0.717) is 0 Å². The molecule has 0 saturated carbocycles. The Morgan fingerprint density at radius 3 is 2.18 bits per heavy atom. The van der Waals surface area contributed by atoms with Gasteiger partial charge in [-0.25, -0.2) is 0 Å². The van der Waals surface area contributed by atoms with Gasteiger partial charge in [-0.2, -0.15) is 0 Å². The minimum Gasteiger partial charge on any atom is -0.501 e. The molecule has 4 heteroatoms. The van der Waals surface area contributed by atoms with Crippen LogP contribution in [-0.4, -0.2) is 9.97 Å². The Labute approximate surface area is 299 Å². The summed E-state index contributed by atoms with van der Waals surface area (Å²) < 4.78 is 6.24. The Bertz CT molecular complexity index is 2470. The van der Waals surface area contributed by atoms with Crippen LogP contribution in [0.4, 0.5) is 0 Å². The number of nitrogens with zero attached hydrogens (tertiary/aromatic N) is 2. The van der Waals surface area contributed by atoms with Gasteiger partial charge < -0.3 is 14.4 Å². The van der Waals surface area contributed by atoms with Crippen molar-refractivity contribution in [1.82, 2.24) is 9.97 Å². The van der Waals surface area contributed by atoms with E-state index in [2.05, 4.69) is 109 Å². The van der Waals surface area contributed by atoms with Gasteiger partial charge in [0.2, 0.25) is 0 Å². The molecule has 0 aliphatic rings. The third-order valence-corrected chi connectivity index (χ3v) is 8.71. The minimum atomic E-state index is 0. The van der Waals surface area contributed by atoms with E-state index in [0.717, 1.165) is 50.0 Å². The summed E-state index contributed by atoms with van der Waals surface area (Å²) in [5.74, 6) is 0. The van der Waals surface area contributed by atoms with Crippen LogP contribution < -0.4 is 0 Å². The SMILES string of the molecule is Cc1c(-c2ccnc(-c3[c-]ccc4c3oc3ccccc34)c2)ccc2cc(-c3ccccc3)ccc12.[Ir].[c-]1ccccc1-c1ccccn1. The van der Waals surface area contributed by atoms with Crippen LogP contribution in [0.2, 0.25) is 0 Å². The van der Waals surface area contributed by atoms with E-state index in [9.17, 15) is 0 Å². The van der Waals surface area contributed by atoms with Crippen molar-refractivity contribution in [2.24, 2.45) is 0 Å². The summed E-state index contributed by atoms with van der Waals surface area (Å²) in [4.78, 5) is 8.92. The van der Waals surface area contributed by atoms with E-state index in [1.165, 1.54) is 33.0 Å². The van der Waals surface area contributed by atoms with Gasteiger partial charge in [0.25, 0.3) is 0 Å². The number of furan rings is 1. The topological polar surface area (TPSA) is 38.9 Å². The number of benzene rings is 6. The summed E-state index contributed by atoms with van der Waals surface area (Å²) >= 11 is 0. The van der Waals surface area contributed by atoms with Crippen molar-refractivity contribution in [2.45, 2.75) is 6.92 Å². The van der Waals surface area contributed by atoms with E-state index in [-0.39, 0.29) is 20.1 Å². The molecule has 0 fully saturated rings. The number of rotatable bonds is 4. The van der Waals surface area contributed by atoms with Crippen molar-refractivity contribution in [3.05, 3.63) is 182 Å². The predicted molar refractivity (Wildman–Crippen MR) is 197 cm³/mol. The van der Waals surface area contributed by atoms with Crippen LogP contribution in [0.3, 0.4) is 0 Å². The van der Waals surface area contributed by atoms with Crippen LogP contribution in [0.25, 0.3) is 77.5 Å². The van der Waals surface area contributed by atoms with Crippen molar-refractivity contribution in [1.29, 1.82) is 0 Å². The molecule has 3 heterocycles. The second-order valence-corrected chi connectivity index (χ2v) is 11.7. The van der Waals surface area contributed by atoms with Crippen LogP contribution in [-0.2, 0) is 20.1 Å². The van der Waals surface area contributed by atoms with Gasteiger partial charge in [0, 0.05) is 37.9 Å². The molecule has 3 aromatic heterocycles. The van der Waals surface area contributed by atoms with Crippen LogP contribution in [0, 0.1) is 19.1 Å². The van der Waals surface area contributed by atoms with Crippen LogP contribution in [0.5, 0.6) is 0 Å². The van der Waals surface area contributed by atoms with Crippen LogP contribution in [0.1, 0.15) is 5.56 Å². The minimum absolute atomic E-state index is 0. The summed E-state index contributed by atoms with van der Waals surface area (Å²) in [7, 11) is 0. The Hall–Kier alpha value is -5.67. The van der Waals surface area contributed by atoms with Crippen molar-refractivity contribution in [2.75, 3.05) is 0 Å². The van der Waals surface area contributed by atoms with Crippen molar-refractivity contribution in [3.8, 4) is 44.8 Å². The van der Waals surface area contributed by atoms with Gasteiger partial charge in [0.1, 0.15) is 5.58 Å². The maximum atomic E-state index is 6.24. The quantitative estimate of drug-likeness (QED) is 0.166. The zero-order valence-corrected chi connectivity index (χ0v) is 29.1. The summed E-state index contributed by atoms with van der Waals surface area (Å²) in [5.41, 5.74) is 11.5. The van der Waals surface area contributed by atoms with E-state index in [1.807, 2.05) is 72.9 Å². The molecule has 0 saturated heterocycles. The number of para-hydroxylation sites is 1. The van der Waals surface area contributed by atoms with Gasteiger partial charge in [0.05, 0.1) is 5.58 Å². The predicted octanol–water partition coefficient (Wildman–Crippen LogP) is 11.8. The fraction of sp³-hybridized carbons (Fsp3) is 0.0222. The maximum absolute atomic E-state index is 6.24. The van der Waals surface area contributed by atoms with Gasteiger partial charge in [-0.3, -0.25) is 0 Å². The van der Waals surface area contributed by atoms with Crippen molar-refractivity contribution < 1.29 is 24.5 Å². The average molecular weight is 807 g/mol. The van der Waals surface area contributed by atoms with E-state index >= 15 is 0 Å². The Morgan fingerprint density at radius 1 is 0.531 bits per heavy atom. The number of hydrogen-bond donors (Lipinski definition) is 0. The smallest absolute Gasteiger partial charge is 0.120 e. The van der Waals surface area contributed by atoms with E-state index in [4.69, 9.17) is 9.40 Å². The molecule has 9 rings (SSSR count). The van der Waals surface area contributed by atoms with Crippen molar-refractivity contribution in [3.63, 3.8) is 0 Å². The van der Waals surface area contributed by atoms with E-state index in [1.54, 1.807) is 6.20 Å². The molecular weight excluding hydrogens is 777 g/mol. The number of fused-ring (bicyclic) bond motifs is 4. The molecule has 0 atom stereocenters. The van der Waals surface area contributed by atoms with Gasteiger partial charge in [0.15, 0.2) is 0 Å². The zero-order chi connectivity index (χ0) is 32.3. The second kappa shape index (κ2) is 14.2. The largest absolute Gasteiger partial charge is 0.501 e. The molecule has 1 radical (unpaired) electrons. The third kappa shape index (κ3) is 6.45. The third-order valence-electron chi connectivity index (χ3n) is 8.71. The molecule has 9 aromatic rings. The first-order valence-corrected chi connectivity index (χ1v) is 16.0. The maximum Gasteiger partial charge on any atom is 0.120 e. The number of aryl methyl sites for hydroxylation is 1. The molecule has 0 amide bonds. The molecule has 0 unspecified atom stereocenters. The zero-order valence-electron chi connectivity index (χ0n) is 26.7. The fourth-order valence-corrected chi connectivity index (χ4v) is 6.30. The van der Waals surface area contributed by atoms with Crippen LogP contribution in [0.15, 0.2) is 168 Å². The first kappa shape index (κ1) is 31.9. The Kier molecular flexibility index (Phi) is 9.25. The molecule has 0 aliphatic carbocycles. The van der Waals surface area contributed by atoms with Gasteiger partial charge in [-0.05, 0) is 81.2 Å². The molecule has 0 N–H and O–H groups in total. The van der Waals surface area contributed by atoms with Gasteiger partial charge in [-0.15, -0.1) is 54.1 Å². The summed E-state index contributed by atoms with van der Waals surface area (Å²) in [6, 6.07) is 58.3. The first-order chi connectivity index (χ1) is 23.7. The molecule has 237 valence electrons.